The van der Waals surface area contributed by atoms with Crippen LogP contribution in [0.2, 0.25) is 0 Å². The zero-order chi connectivity index (χ0) is 37.8. The third-order valence-electron chi connectivity index (χ3n) is 10.2. The maximum Gasteiger partial charge on any atom is 0.255 e. The van der Waals surface area contributed by atoms with Crippen LogP contribution >= 0.6 is 0 Å². The summed E-state index contributed by atoms with van der Waals surface area (Å²) in [6, 6.07) is 28.4. The number of benzene rings is 3. The molecule has 3 amide bonds. The number of pyridine rings is 1. The molecule has 7 rings (SSSR count). The summed E-state index contributed by atoms with van der Waals surface area (Å²) in [5, 5.41) is 9.96. The van der Waals surface area contributed by atoms with Crippen LogP contribution in [0.15, 0.2) is 103 Å². The largest absolute Gasteiger partial charge is 0.490 e. The van der Waals surface area contributed by atoms with Crippen molar-refractivity contribution in [3.05, 3.63) is 131 Å². The Bertz CT molecular complexity index is 2140. The zero-order valence-corrected chi connectivity index (χ0v) is 30.4. The number of imide groups is 1. The Labute approximate surface area is 313 Å². The van der Waals surface area contributed by atoms with Crippen LogP contribution in [0.5, 0.6) is 11.5 Å². The van der Waals surface area contributed by atoms with E-state index in [4.69, 9.17) is 9.47 Å². The van der Waals surface area contributed by atoms with Crippen LogP contribution in [0.25, 0.3) is 5.82 Å². The Morgan fingerprint density at radius 3 is 2.37 bits per heavy atom. The Hall–Kier alpha value is -6.30. The van der Waals surface area contributed by atoms with Crippen molar-refractivity contribution in [1.29, 1.82) is 0 Å². The molecule has 12 heteroatoms. The fraction of sp³-hybridized carbons (Fsp3) is 0.286. The molecule has 1 saturated heterocycles. The molecule has 12 nitrogen and oxygen atoms in total. The van der Waals surface area contributed by atoms with E-state index in [0.717, 1.165) is 47.0 Å². The molecule has 3 heterocycles. The summed E-state index contributed by atoms with van der Waals surface area (Å²) in [5.74, 6) is 0.977. The van der Waals surface area contributed by atoms with Gasteiger partial charge in [0, 0.05) is 61.4 Å². The van der Waals surface area contributed by atoms with E-state index in [1.807, 2.05) is 54.7 Å². The molecule has 2 aromatic heterocycles. The number of rotatable bonds is 13. The lowest BCUT2D eigenvalue weighted by Crippen LogP contribution is -2.53. The molecule has 276 valence electrons. The average molecular weight is 727 g/mol. The average Bonchev–Trinajstić information content (AvgIpc) is 3.72. The lowest BCUT2D eigenvalue weighted by atomic mass is 9.78. The highest BCUT2D eigenvalue weighted by Gasteiger charge is 2.34. The van der Waals surface area contributed by atoms with E-state index in [-0.39, 0.29) is 47.4 Å². The molecule has 0 spiro atoms. The lowest BCUT2D eigenvalue weighted by molar-refractivity contribution is -0.136. The van der Waals surface area contributed by atoms with E-state index in [1.54, 1.807) is 29.1 Å². The van der Waals surface area contributed by atoms with Crippen molar-refractivity contribution < 1.29 is 28.7 Å². The summed E-state index contributed by atoms with van der Waals surface area (Å²) in [6.07, 6.45) is 6.16. The first-order valence-electron chi connectivity index (χ1n) is 18.0. The molecule has 1 atom stereocenters. The topological polar surface area (TPSA) is 145 Å². The number of ether oxygens (including phenoxy) is 2. The monoisotopic (exact) mass is 726 g/mol. The third kappa shape index (κ3) is 7.87. The first-order chi connectivity index (χ1) is 26.1. The van der Waals surface area contributed by atoms with Gasteiger partial charge in [-0.25, -0.2) is 9.67 Å². The minimum atomic E-state index is -0.782. The number of carbonyl (C=O) groups excluding carboxylic acids is 4. The van der Waals surface area contributed by atoms with Gasteiger partial charge in [0.25, 0.3) is 5.91 Å². The molecule has 1 aliphatic heterocycles. The molecule has 2 fully saturated rings. The predicted molar refractivity (Wildman–Crippen MR) is 202 cm³/mol. The summed E-state index contributed by atoms with van der Waals surface area (Å²) in [6.45, 7) is 4.73. The number of nitrogens with one attached hydrogen (secondary N) is 2. The number of aromatic nitrogens is 3. The normalized spacial score (nSPS) is 18.2. The summed E-state index contributed by atoms with van der Waals surface area (Å²) in [4.78, 5) is 55.0. The Kier molecular flexibility index (Phi) is 10.3. The number of aldehydes is 1. The van der Waals surface area contributed by atoms with E-state index in [1.165, 1.54) is 11.9 Å². The van der Waals surface area contributed by atoms with Crippen LogP contribution in [0, 0.1) is 0 Å². The van der Waals surface area contributed by atoms with Crippen molar-refractivity contribution in [3.8, 4) is 17.3 Å². The second-order valence-electron chi connectivity index (χ2n) is 14.3. The van der Waals surface area contributed by atoms with Gasteiger partial charge in [0.2, 0.25) is 11.8 Å². The number of nitrogens with zero attached hydrogens (tertiary/aromatic N) is 4. The molecule has 1 aliphatic carbocycles. The van der Waals surface area contributed by atoms with Crippen LogP contribution in [0.1, 0.15) is 77.1 Å². The quantitative estimate of drug-likeness (QED) is 0.112. The fourth-order valence-corrected chi connectivity index (χ4v) is 6.85. The van der Waals surface area contributed by atoms with Crippen LogP contribution in [-0.2, 0) is 21.6 Å². The van der Waals surface area contributed by atoms with Gasteiger partial charge < -0.3 is 19.7 Å². The third-order valence-corrected chi connectivity index (χ3v) is 10.2. The molecule has 2 N–H and O–H groups in total. The number of hydrogen-bond acceptors (Lipinski definition) is 9. The molecule has 54 heavy (non-hydrogen) atoms. The minimum Gasteiger partial charge on any atom is -0.490 e. The molecule has 0 bridgehead atoms. The van der Waals surface area contributed by atoms with Crippen LogP contribution < -0.4 is 20.1 Å². The van der Waals surface area contributed by atoms with Crippen LogP contribution in [0.4, 0.5) is 5.69 Å². The molecule has 5 aromatic rings. The van der Waals surface area contributed by atoms with Gasteiger partial charge >= 0.3 is 0 Å². The van der Waals surface area contributed by atoms with Gasteiger partial charge in [0.1, 0.15) is 30.3 Å². The van der Waals surface area contributed by atoms with Gasteiger partial charge in [-0.05, 0) is 78.2 Å². The maximum absolute atomic E-state index is 13.4. The lowest BCUT2D eigenvalue weighted by Gasteiger charge is -2.36. The van der Waals surface area contributed by atoms with Crippen molar-refractivity contribution in [1.82, 2.24) is 25.0 Å². The summed E-state index contributed by atoms with van der Waals surface area (Å²) >= 11 is 0. The highest BCUT2D eigenvalue weighted by atomic mass is 16.5. The second kappa shape index (κ2) is 15.4. The number of carbonyl (C=O) groups is 4. The highest BCUT2D eigenvalue weighted by Crippen LogP contribution is 2.35. The second-order valence-corrected chi connectivity index (χ2v) is 14.3. The van der Waals surface area contributed by atoms with Crippen LogP contribution in [-0.4, -0.2) is 68.9 Å². The predicted octanol–water partition coefficient (Wildman–Crippen LogP) is 5.88. The van der Waals surface area contributed by atoms with Gasteiger partial charge in [-0.1, -0.05) is 44.2 Å². The smallest absolute Gasteiger partial charge is 0.255 e. The van der Waals surface area contributed by atoms with Gasteiger partial charge in [0.05, 0.1) is 11.3 Å². The molecule has 0 radical (unpaired) electrons. The first-order valence-corrected chi connectivity index (χ1v) is 18.0. The summed E-state index contributed by atoms with van der Waals surface area (Å²) < 4.78 is 14.0. The number of hydrogen-bond donors (Lipinski definition) is 2. The fourth-order valence-electron chi connectivity index (χ4n) is 6.85. The zero-order valence-electron chi connectivity index (χ0n) is 30.4. The SMILES string of the molecule is CN(C(=O)c1cc(NC2CC(Oc3ccc(C(C)(C)c4ccc(OCc5cccc(-n6cccn6)n5)cc4)cc3)C2)ccc1C=O)C1CCC(=O)NC1=O. The van der Waals surface area contributed by atoms with Crippen molar-refractivity contribution in [2.75, 3.05) is 12.4 Å². The number of likely N-dealkylation sites (N-methyl/N-ethyl adjacent to an activating group) is 1. The van der Waals surface area contributed by atoms with Crippen LogP contribution in [0.3, 0.4) is 0 Å². The van der Waals surface area contributed by atoms with Crippen molar-refractivity contribution in [2.45, 2.75) is 69.7 Å². The van der Waals surface area contributed by atoms with Crippen molar-refractivity contribution in [3.63, 3.8) is 0 Å². The maximum atomic E-state index is 13.4. The van der Waals surface area contributed by atoms with E-state index >= 15 is 0 Å². The number of amides is 3. The Morgan fingerprint density at radius 2 is 1.70 bits per heavy atom. The molecular weight excluding hydrogens is 684 g/mol. The van der Waals surface area contributed by atoms with E-state index in [0.29, 0.717) is 18.6 Å². The van der Waals surface area contributed by atoms with E-state index < -0.39 is 17.9 Å². The van der Waals surface area contributed by atoms with Crippen molar-refractivity contribution >= 4 is 29.7 Å². The van der Waals surface area contributed by atoms with Gasteiger partial charge in [-0.3, -0.25) is 24.5 Å². The number of anilines is 1. The summed E-state index contributed by atoms with van der Waals surface area (Å²) in [5.41, 5.74) is 4.00. The van der Waals surface area contributed by atoms with E-state index in [9.17, 15) is 19.2 Å². The molecular formula is C42H42N6O6. The first kappa shape index (κ1) is 36.1. The van der Waals surface area contributed by atoms with Gasteiger partial charge in [-0.2, -0.15) is 5.10 Å². The van der Waals surface area contributed by atoms with E-state index in [2.05, 4.69) is 58.8 Å². The number of piperidine rings is 1. The molecule has 1 unspecified atom stereocenters. The molecule has 1 saturated carbocycles. The highest BCUT2D eigenvalue weighted by molar-refractivity contribution is 6.06. The van der Waals surface area contributed by atoms with Crippen molar-refractivity contribution in [2.24, 2.45) is 0 Å². The molecule has 2 aliphatic rings. The Morgan fingerprint density at radius 1 is 0.981 bits per heavy atom. The Balaban J connectivity index is 0.902. The minimum absolute atomic E-state index is 0.0335. The van der Waals surface area contributed by atoms with Gasteiger partial charge in [0.15, 0.2) is 12.1 Å². The molecule has 3 aromatic carbocycles. The van der Waals surface area contributed by atoms with Gasteiger partial charge in [-0.15, -0.1) is 0 Å². The summed E-state index contributed by atoms with van der Waals surface area (Å²) in [7, 11) is 1.51. The standard InChI is InChI=1S/C42H42N6O6/c1-42(2,28-9-14-33(15-10-28)53-26-31-6-4-7-38(45-31)48-21-5-20-43-48)29-11-16-34(17-12-29)54-35-22-32(23-35)44-30-13-8-27(25-49)36(24-30)41(52)47(3)37-18-19-39(50)46-40(37)51/h4-17,20-21,24-25,32,35,37,44H,18-19,22-23,26H2,1-3H3,(H,46,50,51).